The van der Waals surface area contributed by atoms with Crippen LogP contribution in [0.5, 0.6) is 0 Å². The third-order valence-corrected chi connectivity index (χ3v) is 5.89. The van der Waals surface area contributed by atoms with Crippen molar-refractivity contribution in [2.75, 3.05) is 39.9 Å². The van der Waals surface area contributed by atoms with Crippen molar-refractivity contribution in [2.45, 2.75) is 17.6 Å². The summed E-state index contributed by atoms with van der Waals surface area (Å²) < 4.78 is 32.4. The van der Waals surface area contributed by atoms with Crippen LogP contribution in [0.1, 0.15) is 13.3 Å². The largest absolute Gasteiger partial charge is 0.382 e. The molecule has 0 aliphatic heterocycles. The molecule has 132 valence electrons. The Labute approximate surface area is 146 Å². The molecule has 7 nitrogen and oxygen atoms in total. The molecular formula is C13H23ClN4O3S2. The number of thiophene rings is 1. The van der Waals surface area contributed by atoms with E-state index in [-0.39, 0.29) is 10.8 Å². The van der Waals surface area contributed by atoms with Crippen LogP contribution in [-0.4, -0.2) is 54.3 Å². The molecule has 10 heteroatoms. The van der Waals surface area contributed by atoms with E-state index in [1.54, 1.807) is 13.1 Å². The third kappa shape index (κ3) is 7.98. The summed E-state index contributed by atoms with van der Waals surface area (Å²) >= 11 is 6.78. The number of rotatable bonds is 10. The second-order valence-corrected chi connectivity index (χ2v) is 8.14. The van der Waals surface area contributed by atoms with Crippen LogP contribution in [-0.2, 0) is 14.8 Å². The van der Waals surface area contributed by atoms with Crippen LogP contribution in [0.4, 0.5) is 0 Å². The molecule has 0 aromatic carbocycles. The molecule has 0 saturated carbocycles. The lowest BCUT2D eigenvalue weighted by Crippen LogP contribution is -2.41. The second-order valence-electron chi connectivity index (χ2n) is 4.43. The van der Waals surface area contributed by atoms with Gasteiger partial charge < -0.3 is 15.4 Å². The van der Waals surface area contributed by atoms with Gasteiger partial charge in [-0.15, -0.1) is 11.3 Å². The normalized spacial score (nSPS) is 12.4. The zero-order valence-electron chi connectivity index (χ0n) is 13.3. The van der Waals surface area contributed by atoms with Gasteiger partial charge in [0.2, 0.25) is 10.0 Å². The van der Waals surface area contributed by atoms with Crippen molar-refractivity contribution in [3.8, 4) is 0 Å². The van der Waals surface area contributed by atoms with Crippen LogP contribution in [0.3, 0.4) is 0 Å². The standard InChI is InChI=1S/C13H23ClN4O3S2/c1-3-21-10-4-7-16-13(15-2)17-8-9-18-23(19,20)12-6-5-11(14)22-12/h5-6,18H,3-4,7-10H2,1-2H3,(H2,15,16,17). The van der Waals surface area contributed by atoms with Crippen LogP contribution in [0.2, 0.25) is 4.34 Å². The van der Waals surface area contributed by atoms with Crippen LogP contribution in [0, 0.1) is 0 Å². The Hall–Kier alpha value is -0.870. The smallest absolute Gasteiger partial charge is 0.250 e. The summed E-state index contributed by atoms with van der Waals surface area (Å²) in [5, 5.41) is 6.17. The SMILES string of the molecule is CCOCCCNC(=NC)NCCNS(=O)(=O)c1ccc(Cl)s1. The average Bonchev–Trinajstić information content (AvgIpc) is 2.96. The first-order valence-corrected chi connectivity index (χ1v) is 9.94. The van der Waals surface area contributed by atoms with Crippen molar-refractivity contribution in [1.29, 1.82) is 0 Å². The zero-order valence-corrected chi connectivity index (χ0v) is 15.7. The number of hydrogen-bond acceptors (Lipinski definition) is 5. The number of nitrogens with one attached hydrogen (secondary N) is 3. The first kappa shape index (κ1) is 20.2. The number of guanidine groups is 1. The molecule has 1 heterocycles. The van der Waals surface area contributed by atoms with E-state index in [4.69, 9.17) is 16.3 Å². The van der Waals surface area contributed by atoms with Gasteiger partial charge in [-0.25, -0.2) is 13.1 Å². The van der Waals surface area contributed by atoms with Crippen LogP contribution in [0.25, 0.3) is 0 Å². The lowest BCUT2D eigenvalue weighted by molar-refractivity contribution is 0.145. The molecule has 0 aliphatic carbocycles. The highest BCUT2D eigenvalue weighted by molar-refractivity contribution is 7.91. The monoisotopic (exact) mass is 382 g/mol. The Morgan fingerprint density at radius 1 is 1.30 bits per heavy atom. The summed E-state index contributed by atoms with van der Waals surface area (Å²) in [6.45, 7) is 4.77. The van der Waals surface area contributed by atoms with Crippen molar-refractivity contribution >= 4 is 38.9 Å². The molecule has 0 amide bonds. The molecule has 0 spiro atoms. The Balaban J connectivity index is 2.24. The van der Waals surface area contributed by atoms with Gasteiger partial charge in [0.15, 0.2) is 5.96 Å². The van der Waals surface area contributed by atoms with Crippen molar-refractivity contribution in [3.05, 3.63) is 16.5 Å². The van der Waals surface area contributed by atoms with E-state index in [9.17, 15) is 8.42 Å². The molecule has 23 heavy (non-hydrogen) atoms. The van der Waals surface area contributed by atoms with Crippen LogP contribution in [0.15, 0.2) is 21.3 Å². The molecule has 0 saturated heterocycles. The summed E-state index contributed by atoms with van der Waals surface area (Å²) in [4.78, 5) is 4.06. The van der Waals surface area contributed by atoms with Crippen LogP contribution < -0.4 is 15.4 Å². The van der Waals surface area contributed by atoms with E-state index < -0.39 is 10.0 Å². The molecule has 1 rings (SSSR count). The van der Waals surface area contributed by atoms with Crippen molar-refractivity contribution < 1.29 is 13.2 Å². The van der Waals surface area contributed by atoms with Gasteiger partial charge >= 0.3 is 0 Å². The van der Waals surface area contributed by atoms with Crippen LogP contribution >= 0.6 is 22.9 Å². The fourth-order valence-electron chi connectivity index (χ4n) is 1.63. The Bertz CT molecular complexity index is 590. The van der Waals surface area contributed by atoms with E-state index >= 15 is 0 Å². The minimum Gasteiger partial charge on any atom is -0.382 e. The summed E-state index contributed by atoms with van der Waals surface area (Å²) in [6, 6.07) is 3.05. The molecule has 0 fully saturated rings. The van der Waals surface area contributed by atoms with Gasteiger partial charge in [-0.1, -0.05) is 11.6 Å². The van der Waals surface area contributed by atoms with Gasteiger partial charge in [0.1, 0.15) is 4.21 Å². The van der Waals surface area contributed by atoms with Crippen molar-refractivity contribution in [1.82, 2.24) is 15.4 Å². The highest BCUT2D eigenvalue weighted by Gasteiger charge is 2.15. The molecule has 0 radical (unpaired) electrons. The van der Waals surface area contributed by atoms with Gasteiger partial charge in [0.25, 0.3) is 0 Å². The molecule has 1 aromatic rings. The first-order chi connectivity index (χ1) is 11.0. The van der Waals surface area contributed by atoms with Gasteiger partial charge in [-0.05, 0) is 25.5 Å². The number of hydrogen-bond donors (Lipinski definition) is 3. The predicted molar refractivity (Wildman–Crippen MR) is 95.0 cm³/mol. The van der Waals surface area contributed by atoms with E-state index in [1.807, 2.05) is 6.92 Å². The summed E-state index contributed by atoms with van der Waals surface area (Å²) in [6.07, 6.45) is 0.875. The number of nitrogens with zero attached hydrogens (tertiary/aromatic N) is 1. The highest BCUT2D eigenvalue weighted by Crippen LogP contribution is 2.24. The van der Waals surface area contributed by atoms with E-state index in [1.165, 1.54) is 6.07 Å². The van der Waals surface area contributed by atoms with E-state index in [2.05, 4.69) is 20.3 Å². The lowest BCUT2D eigenvalue weighted by atomic mass is 10.4. The molecule has 0 unspecified atom stereocenters. The maximum atomic E-state index is 12.0. The van der Waals surface area contributed by atoms with Gasteiger partial charge in [-0.3, -0.25) is 4.99 Å². The summed E-state index contributed by atoms with van der Waals surface area (Å²) in [5.74, 6) is 0.625. The molecule has 0 bridgehead atoms. The van der Waals surface area contributed by atoms with Gasteiger partial charge in [-0.2, -0.15) is 0 Å². The van der Waals surface area contributed by atoms with Crippen molar-refractivity contribution in [3.63, 3.8) is 0 Å². The molecule has 0 atom stereocenters. The van der Waals surface area contributed by atoms with Gasteiger partial charge in [0.05, 0.1) is 4.34 Å². The molecule has 0 aliphatic rings. The predicted octanol–water partition coefficient (Wildman–Crippen LogP) is 1.27. The second kappa shape index (κ2) is 10.8. The number of halogens is 1. The number of aliphatic imine (C=N–C) groups is 1. The minimum absolute atomic E-state index is 0.209. The molecule has 1 aromatic heterocycles. The Kier molecular flexibility index (Phi) is 9.49. The van der Waals surface area contributed by atoms with Crippen molar-refractivity contribution in [2.24, 2.45) is 4.99 Å². The first-order valence-electron chi connectivity index (χ1n) is 7.27. The third-order valence-electron chi connectivity index (χ3n) is 2.71. The lowest BCUT2D eigenvalue weighted by Gasteiger charge is -2.12. The molecular weight excluding hydrogens is 360 g/mol. The number of sulfonamides is 1. The molecule has 3 N–H and O–H groups in total. The fraction of sp³-hybridized carbons (Fsp3) is 0.615. The maximum absolute atomic E-state index is 12.0. The summed E-state index contributed by atoms with van der Waals surface area (Å²) in [7, 11) is -1.84. The minimum atomic E-state index is -3.50. The Morgan fingerprint density at radius 2 is 2.04 bits per heavy atom. The van der Waals surface area contributed by atoms with E-state index in [0.29, 0.717) is 30.1 Å². The fourth-order valence-corrected chi connectivity index (χ4v) is 4.18. The highest BCUT2D eigenvalue weighted by atomic mass is 35.5. The quantitative estimate of drug-likeness (QED) is 0.322. The Morgan fingerprint density at radius 3 is 2.65 bits per heavy atom. The number of ether oxygens (including phenoxy) is 1. The topological polar surface area (TPSA) is 91.8 Å². The summed E-state index contributed by atoms with van der Waals surface area (Å²) in [5.41, 5.74) is 0. The van der Waals surface area contributed by atoms with E-state index in [0.717, 1.165) is 24.3 Å². The van der Waals surface area contributed by atoms with Gasteiger partial charge in [0, 0.05) is 39.9 Å². The maximum Gasteiger partial charge on any atom is 0.250 e. The average molecular weight is 383 g/mol. The zero-order chi connectivity index (χ0) is 17.1.